The van der Waals surface area contributed by atoms with Crippen LogP contribution in [0.25, 0.3) is 21.2 Å². The zero-order chi connectivity index (χ0) is 25.1. The third-order valence-corrected chi connectivity index (χ3v) is 7.43. The molecule has 9 nitrogen and oxygen atoms in total. The van der Waals surface area contributed by atoms with E-state index in [4.69, 9.17) is 4.74 Å². The molecular formula is C26H27N5O4S. The SMILES string of the molecule is Cn1cc(-c2ccnc(OCc3ccccn3)c2)c2sc(CN3CCCN(C(=O)O)CC3)cc2c1=O. The fraction of sp³-hybridized carbons (Fsp3) is 0.308. The molecule has 4 aromatic heterocycles. The molecule has 0 aliphatic carbocycles. The first-order valence-corrected chi connectivity index (χ1v) is 12.6. The number of aromatic nitrogens is 3. The van der Waals surface area contributed by atoms with Gasteiger partial charge in [0.1, 0.15) is 6.61 Å². The maximum atomic E-state index is 13.0. The molecule has 0 saturated carbocycles. The molecule has 1 saturated heterocycles. The first kappa shape index (κ1) is 24.0. The van der Waals surface area contributed by atoms with Crippen molar-refractivity contribution >= 4 is 27.5 Å². The molecule has 36 heavy (non-hydrogen) atoms. The molecule has 186 valence electrons. The Bertz CT molecular complexity index is 1440. The summed E-state index contributed by atoms with van der Waals surface area (Å²) < 4.78 is 8.41. The van der Waals surface area contributed by atoms with Crippen LogP contribution in [0.3, 0.4) is 0 Å². The molecule has 0 radical (unpaired) electrons. The first-order valence-electron chi connectivity index (χ1n) is 11.8. The van der Waals surface area contributed by atoms with E-state index < -0.39 is 6.09 Å². The van der Waals surface area contributed by atoms with E-state index in [0.29, 0.717) is 44.1 Å². The summed E-state index contributed by atoms with van der Waals surface area (Å²) in [6, 6.07) is 11.5. The Morgan fingerprint density at radius 3 is 2.81 bits per heavy atom. The normalized spacial score (nSPS) is 14.6. The number of carbonyl (C=O) groups is 1. The van der Waals surface area contributed by atoms with Gasteiger partial charge in [0.25, 0.3) is 5.56 Å². The number of carboxylic acid groups (broad SMARTS) is 1. The van der Waals surface area contributed by atoms with Gasteiger partial charge in [0, 0.05) is 79.6 Å². The van der Waals surface area contributed by atoms with Crippen molar-refractivity contribution in [1.82, 2.24) is 24.3 Å². The van der Waals surface area contributed by atoms with Gasteiger partial charge in [0.15, 0.2) is 0 Å². The van der Waals surface area contributed by atoms with Crippen molar-refractivity contribution in [3.63, 3.8) is 0 Å². The Kier molecular flexibility index (Phi) is 6.97. The average molecular weight is 506 g/mol. The molecule has 0 unspecified atom stereocenters. The predicted octanol–water partition coefficient (Wildman–Crippen LogP) is 3.82. The van der Waals surface area contributed by atoms with Crippen LogP contribution in [-0.4, -0.2) is 61.7 Å². The van der Waals surface area contributed by atoms with E-state index in [-0.39, 0.29) is 5.56 Å². The van der Waals surface area contributed by atoms with Gasteiger partial charge < -0.3 is 19.3 Å². The number of amides is 1. The van der Waals surface area contributed by atoms with Gasteiger partial charge in [0.05, 0.1) is 11.1 Å². The summed E-state index contributed by atoms with van der Waals surface area (Å²) >= 11 is 1.61. The van der Waals surface area contributed by atoms with Crippen molar-refractivity contribution < 1.29 is 14.6 Å². The van der Waals surface area contributed by atoms with Crippen molar-refractivity contribution in [1.29, 1.82) is 0 Å². The average Bonchev–Trinajstić information content (AvgIpc) is 3.16. The van der Waals surface area contributed by atoms with Crippen LogP contribution in [0.5, 0.6) is 5.88 Å². The number of rotatable bonds is 6. The van der Waals surface area contributed by atoms with Crippen LogP contribution in [-0.2, 0) is 20.2 Å². The standard InChI is InChI=1S/C26H27N5O4S/c1-29-16-22(18-6-8-28-23(13-18)35-17-19-5-2-3-7-27-19)24-21(25(29)32)14-20(36-24)15-30-9-4-10-31(12-11-30)26(33)34/h2-3,5-8,13-14,16H,4,9-12,15,17H2,1H3,(H,33,34). The van der Waals surface area contributed by atoms with E-state index in [1.54, 1.807) is 35.3 Å². The lowest BCUT2D eigenvalue weighted by Gasteiger charge is -2.19. The summed E-state index contributed by atoms with van der Waals surface area (Å²) in [5.41, 5.74) is 2.64. The zero-order valence-electron chi connectivity index (χ0n) is 20.0. The molecule has 0 spiro atoms. The fourth-order valence-corrected chi connectivity index (χ4v) is 5.64. The first-order chi connectivity index (χ1) is 17.5. The highest BCUT2D eigenvalue weighted by Gasteiger charge is 2.20. The van der Waals surface area contributed by atoms with Gasteiger partial charge in [-0.25, -0.2) is 9.78 Å². The number of pyridine rings is 3. The van der Waals surface area contributed by atoms with Crippen molar-refractivity contribution in [3.05, 3.63) is 75.9 Å². The maximum Gasteiger partial charge on any atom is 0.407 e. The van der Waals surface area contributed by atoms with Crippen LogP contribution in [0.2, 0.25) is 0 Å². The van der Waals surface area contributed by atoms with Crippen LogP contribution in [0.1, 0.15) is 17.0 Å². The molecular weight excluding hydrogens is 478 g/mol. The molecule has 1 amide bonds. The Morgan fingerprint density at radius 1 is 1.11 bits per heavy atom. The molecule has 0 aromatic carbocycles. The number of hydrogen-bond donors (Lipinski definition) is 1. The van der Waals surface area contributed by atoms with Gasteiger partial charge in [-0.15, -0.1) is 11.3 Å². The van der Waals surface area contributed by atoms with E-state index in [1.807, 2.05) is 42.6 Å². The van der Waals surface area contributed by atoms with E-state index in [2.05, 4.69) is 14.9 Å². The molecule has 0 atom stereocenters. The number of ether oxygens (including phenoxy) is 1. The highest BCUT2D eigenvalue weighted by Crippen LogP contribution is 2.34. The second kappa shape index (κ2) is 10.5. The van der Waals surface area contributed by atoms with Crippen LogP contribution in [0, 0.1) is 0 Å². The van der Waals surface area contributed by atoms with E-state index in [0.717, 1.165) is 39.4 Å². The van der Waals surface area contributed by atoms with E-state index in [9.17, 15) is 14.7 Å². The molecule has 1 fully saturated rings. The molecule has 5 heterocycles. The highest BCUT2D eigenvalue weighted by atomic mass is 32.1. The highest BCUT2D eigenvalue weighted by molar-refractivity contribution is 7.19. The molecule has 4 aromatic rings. The number of thiophene rings is 1. The number of aryl methyl sites for hydroxylation is 1. The summed E-state index contributed by atoms with van der Waals surface area (Å²) in [4.78, 5) is 37.7. The Labute approximate surface area is 212 Å². The minimum atomic E-state index is -0.868. The topological polar surface area (TPSA) is 101 Å². The zero-order valence-corrected chi connectivity index (χ0v) is 20.8. The lowest BCUT2D eigenvalue weighted by molar-refractivity contribution is 0.146. The maximum absolute atomic E-state index is 13.0. The quantitative estimate of drug-likeness (QED) is 0.425. The van der Waals surface area contributed by atoms with Crippen molar-refractivity contribution in [2.45, 2.75) is 19.6 Å². The van der Waals surface area contributed by atoms with Gasteiger partial charge in [-0.3, -0.25) is 14.7 Å². The molecule has 5 rings (SSSR count). The van der Waals surface area contributed by atoms with Crippen LogP contribution in [0.15, 0.2) is 59.8 Å². The van der Waals surface area contributed by atoms with Gasteiger partial charge >= 0.3 is 6.09 Å². The van der Waals surface area contributed by atoms with Crippen LogP contribution < -0.4 is 10.3 Å². The Morgan fingerprint density at radius 2 is 2.00 bits per heavy atom. The van der Waals surface area contributed by atoms with Gasteiger partial charge in [-0.1, -0.05) is 6.07 Å². The van der Waals surface area contributed by atoms with Crippen LogP contribution >= 0.6 is 11.3 Å². The summed E-state index contributed by atoms with van der Waals surface area (Å²) in [7, 11) is 1.76. The summed E-state index contributed by atoms with van der Waals surface area (Å²) in [5.74, 6) is 0.490. The summed E-state index contributed by atoms with van der Waals surface area (Å²) in [5, 5.41) is 9.98. The monoisotopic (exact) mass is 505 g/mol. The molecule has 1 N–H and O–H groups in total. The molecule has 1 aliphatic heterocycles. The Balaban J connectivity index is 1.41. The summed E-state index contributed by atoms with van der Waals surface area (Å²) in [6.07, 6.45) is 5.22. The second-order valence-corrected chi connectivity index (χ2v) is 9.94. The van der Waals surface area contributed by atoms with Crippen molar-refractivity contribution in [3.8, 4) is 17.0 Å². The lowest BCUT2D eigenvalue weighted by Crippen LogP contribution is -2.33. The third-order valence-electron chi connectivity index (χ3n) is 6.28. The Hall–Kier alpha value is -3.76. The van der Waals surface area contributed by atoms with Crippen LogP contribution in [0.4, 0.5) is 4.79 Å². The largest absolute Gasteiger partial charge is 0.471 e. The van der Waals surface area contributed by atoms with E-state index >= 15 is 0 Å². The third kappa shape index (κ3) is 5.24. The van der Waals surface area contributed by atoms with Crippen molar-refractivity contribution in [2.75, 3.05) is 26.2 Å². The van der Waals surface area contributed by atoms with Gasteiger partial charge in [-0.2, -0.15) is 0 Å². The number of hydrogen-bond acceptors (Lipinski definition) is 7. The molecule has 10 heteroatoms. The number of nitrogens with zero attached hydrogens (tertiary/aromatic N) is 5. The van der Waals surface area contributed by atoms with E-state index in [1.165, 1.54) is 4.90 Å². The minimum Gasteiger partial charge on any atom is -0.471 e. The van der Waals surface area contributed by atoms with Crippen molar-refractivity contribution in [2.24, 2.45) is 7.05 Å². The van der Waals surface area contributed by atoms with Gasteiger partial charge in [0.2, 0.25) is 5.88 Å². The fourth-order valence-electron chi connectivity index (χ4n) is 4.41. The minimum absolute atomic E-state index is 0.0372. The second-order valence-electron chi connectivity index (χ2n) is 8.81. The smallest absolute Gasteiger partial charge is 0.407 e. The number of fused-ring (bicyclic) bond motifs is 1. The summed E-state index contributed by atoms with van der Waals surface area (Å²) in [6.45, 7) is 3.54. The lowest BCUT2D eigenvalue weighted by atomic mass is 10.1. The predicted molar refractivity (Wildman–Crippen MR) is 138 cm³/mol. The molecule has 1 aliphatic rings. The molecule has 0 bridgehead atoms. The van der Waals surface area contributed by atoms with Gasteiger partial charge in [-0.05, 0) is 36.2 Å².